The van der Waals surface area contributed by atoms with Crippen LogP contribution in [0.4, 0.5) is 0 Å². The molecular formula is C28H28O14. The Morgan fingerprint density at radius 1 is 0.381 bits per heavy atom. The van der Waals surface area contributed by atoms with Crippen molar-refractivity contribution in [2.24, 2.45) is 70.0 Å². The van der Waals surface area contributed by atoms with Crippen molar-refractivity contribution in [3.8, 4) is 0 Å². The molecule has 5 unspecified atom stereocenters. The fourth-order valence-electron chi connectivity index (χ4n) is 13.8. The average Bonchev–Trinajstić information content (AvgIpc) is 3.31. The highest BCUT2D eigenvalue weighted by molar-refractivity contribution is 6.07. The zero-order valence-electron chi connectivity index (χ0n) is 23.5. The molecule has 16 atom stereocenters. The summed E-state index contributed by atoms with van der Waals surface area (Å²) in [6, 6.07) is 0. The average molecular weight is 589 g/mol. The first-order chi connectivity index (χ1) is 20.0. The molecule has 2 heterocycles. The first kappa shape index (κ1) is 25.3. The van der Waals surface area contributed by atoms with Crippen molar-refractivity contribution >= 4 is 35.8 Å². The second-order valence-corrected chi connectivity index (χ2v) is 13.2. The first-order valence-electron chi connectivity index (χ1n) is 13.9. The van der Waals surface area contributed by atoms with Crippen LogP contribution in [-0.4, -0.2) is 101 Å². The van der Waals surface area contributed by atoms with E-state index in [1.807, 2.05) is 0 Å². The van der Waals surface area contributed by atoms with Crippen molar-refractivity contribution in [3.05, 3.63) is 0 Å². The molecule has 0 radical (unpaired) electrons. The minimum atomic E-state index is -1.67. The largest absolute Gasteiger partial charge is 0.469 e. The van der Waals surface area contributed by atoms with Gasteiger partial charge in [0, 0.05) is 23.7 Å². The summed E-state index contributed by atoms with van der Waals surface area (Å²) in [5, 5.41) is 0. The number of carbonyl (C=O) groups is 6. The van der Waals surface area contributed by atoms with E-state index < -0.39 is 116 Å². The van der Waals surface area contributed by atoms with Gasteiger partial charge in [-0.3, -0.25) is 9.59 Å². The molecule has 14 nitrogen and oxygen atoms in total. The predicted octanol–water partition coefficient (Wildman–Crippen LogP) is -1.73. The summed E-state index contributed by atoms with van der Waals surface area (Å²) in [6.45, 7) is 0. The van der Waals surface area contributed by atoms with Crippen molar-refractivity contribution in [2.75, 3.05) is 42.7 Å². The fourth-order valence-corrected chi connectivity index (χ4v) is 13.8. The van der Waals surface area contributed by atoms with Gasteiger partial charge in [-0.25, -0.2) is 19.2 Å². The number of fused-ring (bicyclic) bond motifs is 8. The minimum Gasteiger partial charge on any atom is -0.469 e. The van der Waals surface area contributed by atoms with Crippen LogP contribution in [-0.2, 0) is 66.7 Å². The molecule has 8 saturated carbocycles. The summed E-state index contributed by atoms with van der Waals surface area (Å²) in [5.74, 6) is -10.1. The maximum atomic E-state index is 14.3. The number of epoxide rings is 2. The quantitative estimate of drug-likeness (QED) is 0.194. The fraction of sp³-hybridized carbons (Fsp3) is 0.786. The molecular weight excluding hydrogens is 560 g/mol. The van der Waals surface area contributed by atoms with Crippen LogP contribution in [0.3, 0.4) is 0 Å². The Hall–Kier alpha value is -3.26. The Bertz CT molecular complexity index is 1310. The number of esters is 6. The summed E-state index contributed by atoms with van der Waals surface area (Å²) >= 11 is 0. The third-order valence-corrected chi connectivity index (χ3v) is 13.8. The van der Waals surface area contributed by atoms with Gasteiger partial charge < -0.3 is 37.9 Å². The topological polar surface area (TPSA) is 183 Å². The van der Waals surface area contributed by atoms with Crippen molar-refractivity contribution in [2.45, 2.75) is 22.4 Å². The normalized spacial score (nSPS) is 58.7. The molecule has 0 N–H and O–H groups in total. The lowest BCUT2D eigenvalue weighted by molar-refractivity contribution is -0.236. The van der Waals surface area contributed by atoms with E-state index in [1.165, 1.54) is 42.7 Å². The lowest BCUT2D eigenvalue weighted by Gasteiger charge is -2.64. The number of hydrogen-bond donors (Lipinski definition) is 0. The third-order valence-electron chi connectivity index (χ3n) is 13.8. The summed E-state index contributed by atoms with van der Waals surface area (Å²) < 4.78 is 43.6. The van der Waals surface area contributed by atoms with Crippen LogP contribution >= 0.6 is 0 Å². The second-order valence-electron chi connectivity index (χ2n) is 13.2. The van der Waals surface area contributed by atoms with Gasteiger partial charge in [0.2, 0.25) is 22.4 Å². The third kappa shape index (κ3) is 1.59. The monoisotopic (exact) mass is 588 g/mol. The molecule has 10 fully saturated rings. The van der Waals surface area contributed by atoms with Gasteiger partial charge in [-0.05, 0) is 35.5 Å². The Balaban J connectivity index is 1.30. The number of hydrogen-bond acceptors (Lipinski definition) is 14. The van der Waals surface area contributed by atoms with Gasteiger partial charge in [0.1, 0.15) is 0 Å². The molecule has 0 aromatic rings. The Labute approximate surface area is 237 Å². The van der Waals surface area contributed by atoms with Crippen LogP contribution in [0, 0.1) is 70.0 Å². The van der Waals surface area contributed by atoms with Gasteiger partial charge in [0.05, 0.1) is 53.5 Å². The number of carbonyl (C=O) groups excluding carboxylic acids is 6. The predicted molar refractivity (Wildman–Crippen MR) is 125 cm³/mol. The molecule has 0 amide bonds. The van der Waals surface area contributed by atoms with E-state index in [4.69, 9.17) is 37.9 Å². The molecule has 8 bridgehead atoms. The standard InChI is InChI=1S/C28H28O14/c1-35-17(29)23-9-7-8-10(23)14-16(28(22(34)40-6)26(14,42-28)20(32)38-4)12(8)24(23,18(30)36-2)11(7)15-13(9)25(19(31)37-3)27(15,41-25)21(33)39-5/h7-16H,1-6H3/t7?,8?,9-,10+,11+,12-,13+,14-,15-,16?,23?,24?,25+,26-,27-,28+/m1/s1. The van der Waals surface area contributed by atoms with Crippen LogP contribution in [0.1, 0.15) is 0 Å². The molecule has 10 aliphatic rings. The van der Waals surface area contributed by atoms with Crippen LogP contribution in [0.5, 0.6) is 0 Å². The van der Waals surface area contributed by atoms with Crippen LogP contribution < -0.4 is 0 Å². The number of methoxy groups -OCH3 is 6. The maximum absolute atomic E-state index is 14.3. The smallest absolute Gasteiger partial charge is 0.342 e. The lowest BCUT2D eigenvalue weighted by Crippen LogP contribution is -2.78. The van der Waals surface area contributed by atoms with Gasteiger partial charge in [-0.2, -0.15) is 0 Å². The molecule has 10 rings (SSSR count). The van der Waals surface area contributed by atoms with E-state index in [0.29, 0.717) is 0 Å². The molecule has 0 aromatic carbocycles. The Morgan fingerprint density at radius 3 is 0.786 bits per heavy atom. The zero-order chi connectivity index (χ0) is 29.9. The van der Waals surface area contributed by atoms with Crippen molar-refractivity contribution in [3.63, 3.8) is 0 Å². The molecule has 14 heteroatoms. The highest BCUT2D eigenvalue weighted by atomic mass is 16.7. The van der Waals surface area contributed by atoms with Gasteiger partial charge in [0.15, 0.2) is 0 Å². The first-order valence-corrected chi connectivity index (χ1v) is 13.9. The molecule has 2 aliphatic heterocycles. The molecule has 0 spiro atoms. The van der Waals surface area contributed by atoms with E-state index in [1.54, 1.807) is 0 Å². The van der Waals surface area contributed by atoms with Crippen molar-refractivity contribution in [1.82, 2.24) is 0 Å². The van der Waals surface area contributed by atoms with E-state index in [2.05, 4.69) is 0 Å². The van der Waals surface area contributed by atoms with Crippen LogP contribution in [0.25, 0.3) is 0 Å². The molecule has 2 saturated heterocycles. The summed E-state index contributed by atoms with van der Waals surface area (Å²) in [5.41, 5.74) is -9.76. The van der Waals surface area contributed by atoms with Crippen LogP contribution in [0.2, 0.25) is 0 Å². The SMILES string of the molecule is COC(=O)C12[C@@H]3C4C5[C@H]([C@H]6[C@@H]([C@H]51)[C@]1(C(=O)OC)O[C@]61C(=O)OC)C2(C(=O)OC)[C@@H]4[C@@H]1C3[C@@]2(C(=O)OC)O[C@@]12C(=O)OC. The van der Waals surface area contributed by atoms with Crippen LogP contribution in [0.15, 0.2) is 0 Å². The van der Waals surface area contributed by atoms with E-state index in [0.717, 1.165) is 0 Å². The minimum absolute atomic E-state index is 0.331. The van der Waals surface area contributed by atoms with E-state index in [9.17, 15) is 28.8 Å². The molecule has 224 valence electrons. The molecule has 42 heavy (non-hydrogen) atoms. The van der Waals surface area contributed by atoms with E-state index >= 15 is 0 Å². The Kier molecular flexibility index (Phi) is 3.89. The second kappa shape index (κ2) is 6.47. The highest BCUT2D eigenvalue weighted by Crippen LogP contribution is 3.04. The van der Waals surface area contributed by atoms with Gasteiger partial charge >= 0.3 is 35.8 Å². The van der Waals surface area contributed by atoms with Gasteiger partial charge in [-0.1, -0.05) is 0 Å². The highest BCUT2D eigenvalue weighted by Gasteiger charge is 3.15. The zero-order valence-corrected chi connectivity index (χ0v) is 23.5. The summed E-state index contributed by atoms with van der Waals surface area (Å²) in [4.78, 5) is 81.9. The number of rotatable bonds is 6. The van der Waals surface area contributed by atoms with Gasteiger partial charge in [0.25, 0.3) is 0 Å². The number of ether oxygens (including phenoxy) is 8. The molecule has 8 aliphatic carbocycles. The van der Waals surface area contributed by atoms with Gasteiger partial charge in [-0.15, -0.1) is 0 Å². The molecule has 0 aromatic heterocycles. The summed E-state index contributed by atoms with van der Waals surface area (Å²) in [6.07, 6.45) is 0. The maximum Gasteiger partial charge on any atom is 0.342 e. The summed E-state index contributed by atoms with van der Waals surface area (Å²) in [7, 11) is 7.23. The van der Waals surface area contributed by atoms with Crippen molar-refractivity contribution < 1.29 is 66.7 Å². The Morgan fingerprint density at radius 2 is 0.595 bits per heavy atom. The lowest BCUT2D eigenvalue weighted by atomic mass is 9.33. The van der Waals surface area contributed by atoms with Crippen molar-refractivity contribution in [1.29, 1.82) is 0 Å². The van der Waals surface area contributed by atoms with E-state index in [-0.39, 0.29) is 11.8 Å².